The quantitative estimate of drug-likeness (QED) is 0.796. The van der Waals surface area contributed by atoms with Crippen molar-refractivity contribution < 1.29 is 15.7 Å². The van der Waals surface area contributed by atoms with Gasteiger partial charge in [-0.15, -0.1) is 0 Å². The number of methoxy groups -OCH3 is 1. The number of esters is 1. The highest BCUT2D eigenvalue weighted by Gasteiger charge is 2.42. The van der Waals surface area contributed by atoms with E-state index in [0.29, 0.717) is 23.0 Å². The molecular formula is C20H25NO3. The first-order valence-corrected chi connectivity index (χ1v) is 9.10. The minimum atomic E-state index is -0.432. The molecule has 4 rings (SSSR count). The maximum Gasteiger partial charge on any atom is 0.337 e. The van der Waals surface area contributed by atoms with E-state index in [9.17, 15) is 9.59 Å². The Morgan fingerprint density at radius 2 is 2.04 bits per heavy atom. The molecule has 2 saturated carbocycles. The van der Waals surface area contributed by atoms with Crippen molar-refractivity contribution in [1.29, 1.82) is 0 Å². The van der Waals surface area contributed by atoms with Gasteiger partial charge in [0.25, 0.3) is 5.91 Å². The Morgan fingerprint density at radius 3 is 2.67 bits per heavy atom. The average molecular weight is 328 g/mol. The number of rotatable bonds is 3. The van der Waals surface area contributed by atoms with Gasteiger partial charge in [-0.3, -0.25) is 4.79 Å². The van der Waals surface area contributed by atoms with Gasteiger partial charge in [-0.05, 0) is 73.6 Å². The van der Waals surface area contributed by atoms with Gasteiger partial charge in [0.05, 0.1) is 14.0 Å². The molecule has 0 N–H and O–H groups in total. The van der Waals surface area contributed by atoms with Gasteiger partial charge < -0.3 is 9.64 Å². The number of nitrogens with zero attached hydrogens (tertiary/aromatic N) is 1. The largest absolute Gasteiger partial charge is 0.465 e. The van der Waals surface area contributed by atoms with Crippen LogP contribution in [0.4, 0.5) is 0 Å². The van der Waals surface area contributed by atoms with Crippen LogP contribution in [0.2, 0.25) is 0 Å². The summed E-state index contributed by atoms with van der Waals surface area (Å²) in [4.78, 5) is 27.0. The van der Waals surface area contributed by atoms with Crippen LogP contribution in [-0.2, 0) is 4.74 Å². The zero-order valence-electron chi connectivity index (χ0n) is 15.2. The van der Waals surface area contributed by atoms with Crippen LogP contribution in [0.5, 0.6) is 0 Å². The number of hydrogen-bond acceptors (Lipinski definition) is 3. The molecule has 3 aliphatic rings. The van der Waals surface area contributed by atoms with E-state index in [-0.39, 0.29) is 11.9 Å². The number of benzene rings is 1. The number of fused-ring (bicyclic) bond motifs is 2. The van der Waals surface area contributed by atoms with Crippen molar-refractivity contribution in [3.8, 4) is 0 Å². The van der Waals surface area contributed by atoms with Crippen LogP contribution >= 0.6 is 0 Å². The van der Waals surface area contributed by atoms with Crippen molar-refractivity contribution in [2.75, 3.05) is 20.2 Å². The smallest absolute Gasteiger partial charge is 0.337 e. The van der Waals surface area contributed by atoms with Crippen molar-refractivity contribution >= 4 is 11.9 Å². The Balaban J connectivity index is 1.78. The molecule has 3 atom stereocenters. The van der Waals surface area contributed by atoms with E-state index in [1.807, 2.05) is 11.0 Å². The van der Waals surface area contributed by atoms with Crippen LogP contribution in [0.3, 0.4) is 0 Å². The topological polar surface area (TPSA) is 46.6 Å². The predicted molar refractivity (Wildman–Crippen MR) is 91.1 cm³/mol. The maximum atomic E-state index is 13.1. The molecule has 1 saturated heterocycles. The first-order valence-electron chi connectivity index (χ1n) is 9.60. The second kappa shape index (κ2) is 6.23. The fraction of sp³-hybridized carbons (Fsp3) is 0.600. The Bertz CT molecular complexity index is 711. The number of ether oxygens (including phenoxy) is 1. The summed E-state index contributed by atoms with van der Waals surface area (Å²) in [5.41, 5.74) is 1.83. The van der Waals surface area contributed by atoms with Crippen LogP contribution < -0.4 is 0 Å². The first-order chi connectivity index (χ1) is 12.1. The van der Waals surface area contributed by atoms with Crippen molar-refractivity contribution in [2.24, 2.45) is 11.8 Å². The number of hydrogen-bond donors (Lipinski definition) is 0. The second-order valence-electron chi connectivity index (χ2n) is 7.49. The normalized spacial score (nSPS) is 29.0. The highest BCUT2D eigenvalue weighted by atomic mass is 16.5. The third-order valence-corrected chi connectivity index (χ3v) is 6.14. The summed E-state index contributed by atoms with van der Waals surface area (Å²) in [5.74, 6) is 1.16. The molecule has 4 heteroatoms. The predicted octanol–water partition coefficient (Wildman–Crippen LogP) is 3.61. The molecule has 0 spiro atoms. The van der Waals surface area contributed by atoms with Gasteiger partial charge in [0.1, 0.15) is 0 Å². The lowest BCUT2D eigenvalue weighted by Crippen LogP contribution is -2.29. The molecule has 1 aliphatic heterocycles. The van der Waals surface area contributed by atoms with E-state index in [1.54, 1.807) is 0 Å². The van der Waals surface area contributed by atoms with E-state index >= 15 is 0 Å². The minimum Gasteiger partial charge on any atom is -0.465 e. The standard InChI is InChI=1S/C20H25NO3/c1-24-20(23)15-6-7-16(19(22)21-8-2-3-9-21)18(12-15)17-11-13-4-5-14(17)10-13/h6-7,12-14,17H,2-5,8-11H2,1H3/i7D. The Hall–Kier alpha value is -1.84. The summed E-state index contributed by atoms with van der Waals surface area (Å²) in [6.07, 6.45) is 6.84. The molecule has 3 unspecified atom stereocenters. The van der Waals surface area contributed by atoms with Crippen molar-refractivity contribution in [1.82, 2.24) is 4.90 Å². The van der Waals surface area contributed by atoms with Crippen molar-refractivity contribution in [3.05, 3.63) is 34.9 Å². The summed E-state index contributed by atoms with van der Waals surface area (Å²) in [6, 6.07) is 3.49. The van der Waals surface area contributed by atoms with Gasteiger partial charge in [0.15, 0.2) is 0 Å². The van der Waals surface area contributed by atoms with Gasteiger partial charge in [-0.1, -0.05) is 6.42 Å². The van der Waals surface area contributed by atoms with Gasteiger partial charge in [0, 0.05) is 18.7 Å². The van der Waals surface area contributed by atoms with E-state index < -0.39 is 5.97 Å². The molecule has 0 radical (unpaired) electrons. The molecular weight excluding hydrogens is 302 g/mol. The van der Waals surface area contributed by atoms with E-state index in [2.05, 4.69) is 0 Å². The minimum absolute atomic E-state index is 0.0308. The molecule has 1 heterocycles. The Morgan fingerprint density at radius 1 is 1.25 bits per heavy atom. The Labute approximate surface area is 144 Å². The van der Waals surface area contributed by atoms with E-state index in [4.69, 9.17) is 6.11 Å². The van der Waals surface area contributed by atoms with Crippen LogP contribution in [0.25, 0.3) is 0 Å². The van der Waals surface area contributed by atoms with Crippen molar-refractivity contribution in [3.63, 3.8) is 0 Å². The number of amides is 1. The van der Waals surface area contributed by atoms with Crippen LogP contribution in [-0.4, -0.2) is 37.0 Å². The lowest BCUT2D eigenvalue weighted by atomic mass is 9.80. The number of likely N-dealkylation sites (tertiary alicyclic amines) is 1. The lowest BCUT2D eigenvalue weighted by molar-refractivity contribution is 0.0599. The van der Waals surface area contributed by atoms with Crippen LogP contribution in [0.1, 0.15) is 72.1 Å². The monoisotopic (exact) mass is 328 g/mol. The molecule has 0 aromatic heterocycles. The van der Waals surface area contributed by atoms with Crippen LogP contribution in [0.15, 0.2) is 18.2 Å². The summed E-state index contributed by atoms with van der Waals surface area (Å²) in [7, 11) is 1.35. The molecule has 24 heavy (non-hydrogen) atoms. The van der Waals surface area contributed by atoms with Crippen LogP contribution in [0, 0.1) is 11.8 Å². The zero-order valence-corrected chi connectivity index (χ0v) is 14.2. The molecule has 1 amide bonds. The summed E-state index contributed by atoms with van der Waals surface area (Å²) >= 11 is 0. The third kappa shape index (κ3) is 2.62. The number of carbonyl (C=O) groups excluding carboxylic acids is 2. The fourth-order valence-electron chi connectivity index (χ4n) is 4.93. The van der Waals surface area contributed by atoms with Gasteiger partial charge in [-0.2, -0.15) is 0 Å². The van der Waals surface area contributed by atoms with Gasteiger partial charge in [0.2, 0.25) is 0 Å². The Kier molecular flexibility index (Phi) is 3.76. The molecule has 4 nitrogen and oxygen atoms in total. The number of carbonyl (C=O) groups is 2. The molecule has 2 aliphatic carbocycles. The van der Waals surface area contributed by atoms with Gasteiger partial charge in [-0.25, -0.2) is 4.79 Å². The second-order valence-corrected chi connectivity index (χ2v) is 7.49. The highest BCUT2D eigenvalue weighted by molar-refractivity contribution is 5.98. The SMILES string of the molecule is [2H]c1cc(C(=O)OC)cc(C2CC3CCC2C3)c1C(=O)N1CCCC1. The highest BCUT2D eigenvalue weighted by Crippen LogP contribution is 2.53. The summed E-state index contributed by atoms with van der Waals surface area (Å²) in [6.45, 7) is 1.54. The average Bonchev–Trinajstić information content (AvgIpc) is 3.36. The lowest BCUT2D eigenvalue weighted by Gasteiger charge is -2.26. The van der Waals surface area contributed by atoms with Crippen molar-refractivity contribution in [2.45, 2.75) is 44.4 Å². The fourth-order valence-corrected chi connectivity index (χ4v) is 4.93. The van der Waals surface area contributed by atoms with E-state index in [1.165, 1.54) is 32.4 Å². The van der Waals surface area contributed by atoms with E-state index in [0.717, 1.165) is 43.8 Å². The zero-order chi connectivity index (χ0) is 17.6. The molecule has 2 bridgehead atoms. The summed E-state index contributed by atoms with van der Waals surface area (Å²) in [5, 5.41) is 0. The maximum absolute atomic E-state index is 13.1. The molecule has 1 aromatic rings. The third-order valence-electron chi connectivity index (χ3n) is 6.14. The summed E-state index contributed by atoms with van der Waals surface area (Å²) < 4.78 is 13.3. The first kappa shape index (κ1) is 14.5. The molecule has 1 aromatic carbocycles. The molecule has 128 valence electrons. The molecule has 3 fully saturated rings. The van der Waals surface area contributed by atoms with Gasteiger partial charge >= 0.3 is 5.97 Å².